The molecule has 1 aromatic rings. The number of hydrogen-bond acceptors (Lipinski definition) is 3. The van der Waals surface area contributed by atoms with Crippen LogP contribution in [-0.2, 0) is 19.7 Å². The lowest BCUT2D eigenvalue weighted by molar-refractivity contribution is -0.142. The van der Waals surface area contributed by atoms with E-state index in [4.69, 9.17) is 9.84 Å². The molecule has 1 aliphatic heterocycles. The second-order valence-corrected chi connectivity index (χ2v) is 6.09. The Kier molecular flexibility index (Phi) is 5.36. The maximum Gasteiger partial charge on any atom is 0.308 e. The molecular weight excluding hydrogens is 301 g/mol. The highest BCUT2D eigenvalue weighted by atomic mass is 19.1. The van der Waals surface area contributed by atoms with Crippen LogP contribution in [0.5, 0.6) is 0 Å². The van der Waals surface area contributed by atoms with Crippen molar-refractivity contribution >= 4 is 11.9 Å². The molecule has 0 spiro atoms. The van der Waals surface area contributed by atoms with Crippen LogP contribution in [0.15, 0.2) is 24.3 Å². The van der Waals surface area contributed by atoms with Gasteiger partial charge in [-0.05, 0) is 44.4 Å². The van der Waals surface area contributed by atoms with Crippen molar-refractivity contribution in [1.82, 2.24) is 5.32 Å². The number of amides is 1. The van der Waals surface area contributed by atoms with E-state index in [0.29, 0.717) is 31.6 Å². The Morgan fingerprint density at radius 1 is 1.30 bits per heavy atom. The zero-order valence-electron chi connectivity index (χ0n) is 13.3. The van der Waals surface area contributed by atoms with Crippen LogP contribution >= 0.6 is 0 Å². The highest BCUT2D eigenvalue weighted by molar-refractivity contribution is 5.89. The van der Waals surface area contributed by atoms with Crippen molar-refractivity contribution in [2.75, 3.05) is 13.2 Å². The standard InChI is InChI=1S/C17H22FNO4/c1-11(15(20)21)12(2)19-16(22)17(6-8-23-9-7-17)13-4-3-5-14(18)10-13/h3-5,10-12H,6-9H2,1-2H3,(H,19,22)(H,20,21). The van der Waals surface area contributed by atoms with E-state index in [1.165, 1.54) is 12.1 Å². The summed E-state index contributed by atoms with van der Waals surface area (Å²) in [6.45, 7) is 4.03. The predicted molar refractivity (Wildman–Crippen MR) is 82.5 cm³/mol. The van der Waals surface area contributed by atoms with Crippen LogP contribution in [0.3, 0.4) is 0 Å². The van der Waals surface area contributed by atoms with E-state index in [9.17, 15) is 14.0 Å². The summed E-state index contributed by atoms with van der Waals surface area (Å²) in [6.07, 6.45) is 0.882. The lowest BCUT2D eigenvalue weighted by Gasteiger charge is -2.37. The number of nitrogens with one attached hydrogen (secondary N) is 1. The monoisotopic (exact) mass is 323 g/mol. The Morgan fingerprint density at radius 2 is 1.96 bits per heavy atom. The predicted octanol–water partition coefficient (Wildman–Crippen LogP) is 2.10. The zero-order valence-corrected chi connectivity index (χ0v) is 13.3. The smallest absolute Gasteiger partial charge is 0.308 e. The maximum absolute atomic E-state index is 13.6. The minimum absolute atomic E-state index is 0.271. The van der Waals surface area contributed by atoms with Crippen molar-refractivity contribution in [3.63, 3.8) is 0 Å². The van der Waals surface area contributed by atoms with E-state index < -0.39 is 29.2 Å². The summed E-state index contributed by atoms with van der Waals surface area (Å²) in [7, 11) is 0. The first-order chi connectivity index (χ1) is 10.9. The molecule has 1 aromatic carbocycles. The van der Waals surface area contributed by atoms with Crippen LogP contribution in [0.25, 0.3) is 0 Å². The second-order valence-electron chi connectivity index (χ2n) is 6.09. The third kappa shape index (κ3) is 3.69. The summed E-state index contributed by atoms with van der Waals surface area (Å²) in [5.41, 5.74) is -0.277. The van der Waals surface area contributed by atoms with Gasteiger partial charge in [0.25, 0.3) is 0 Å². The number of carboxylic acid groups (broad SMARTS) is 1. The van der Waals surface area contributed by atoms with Crippen molar-refractivity contribution in [2.45, 2.75) is 38.1 Å². The maximum atomic E-state index is 13.6. The molecule has 0 aliphatic carbocycles. The average molecular weight is 323 g/mol. The molecule has 2 unspecified atom stereocenters. The molecule has 23 heavy (non-hydrogen) atoms. The third-order valence-electron chi connectivity index (χ3n) is 4.66. The molecule has 1 saturated heterocycles. The van der Waals surface area contributed by atoms with Crippen molar-refractivity contribution in [3.8, 4) is 0 Å². The van der Waals surface area contributed by atoms with Gasteiger partial charge in [0.05, 0.1) is 11.3 Å². The Balaban J connectivity index is 2.28. The summed E-state index contributed by atoms with van der Waals surface area (Å²) in [5.74, 6) is -2.34. The summed E-state index contributed by atoms with van der Waals surface area (Å²) < 4.78 is 19.0. The molecule has 1 fully saturated rings. The Labute approximate surface area is 134 Å². The molecule has 0 bridgehead atoms. The number of benzene rings is 1. The molecule has 2 atom stereocenters. The molecule has 0 radical (unpaired) electrons. The summed E-state index contributed by atoms with van der Waals surface area (Å²) in [4.78, 5) is 24.0. The third-order valence-corrected chi connectivity index (χ3v) is 4.66. The summed E-state index contributed by atoms with van der Waals surface area (Å²) in [5, 5.41) is 11.9. The number of rotatable bonds is 5. The SMILES string of the molecule is CC(NC(=O)C1(c2cccc(F)c2)CCOCC1)C(C)C(=O)O. The molecule has 1 aliphatic rings. The lowest BCUT2D eigenvalue weighted by Crippen LogP contribution is -2.52. The number of carboxylic acids is 1. The molecule has 2 N–H and O–H groups in total. The molecule has 5 nitrogen and oxygen atoms in total. The number of carbonyl (C=O) groups excluding carboxylic acids is 1. The zero-order chi connectivity index (χ0) is 17.0. The molecule has 0 aromatic heterocycles. The Bertz CT molecular complexity index is 584. The topological polar surface area (TPSA) is 75.6 Å². The number of aliphatic carboxylic acids is 1. The van der Waals surface area contributed by atoms with E-state index in [1.54, 1.807) is 26.0 Å². The van der Waals surface area contributed by atoms with E-state index in [1.807, 2.05) is 0 Å². The van der Waals surface area contributed by atoms with Gasteiger partial charge in [-0.2, -0.15) is 0 Å². The van der Waals surface area contributed by atoms with E-state index >= 15 is 0 Å². The first kappa shape index (κ1) is 17.4. The highest BCUT2D eigenvalue weighted by Gasteiger charge is 2.42. The van der Waals surface area contributed by atoms with Crippen molar-refractivity contribution in [2.24, 2.45) is 5.92 Å². The van der Waals surface area contributed by atoms with Crippen LogP contribution < -0.4 is 5.32 Å². The van der Waals surface area contributed by atoms with Gasteiger partial charge in [0.15, 0.2) is 0 Å². The van der Waals surface area contributed by atoms with Crippen LogP contribution in [-0.4, -0.2) is 36.2 Å². The lowest BCUT2D eigenvalue weighted by atomic mass is 9.73. The van der Waals surface area contributed by atoms with Crippen molar-refractivity contribution in [3.05, 3.63) is 35.6 Å². The van der Waals surface area contributed by atoms with Gasteiger partial charge >= 0.3 is 5.97 Å². The molecule has 2 rings (SSSR count). The number of carbonyl (C=O) groups is 2. The second kappa shape index (κ2) is 7.08. The fourth-order valence-corrected chi connectivity index (χ4v) is 2.84. The molecule has 1 heterocycles. The summed E-state index contributed by atoms with van der Waals surface area (Å²) in [6, 6.07) is 5.51. The van der Waals surface area contributed by atoms with Crippen LogP contribution in [0.4, 0.5) is 4.39 Å². The Morgan fingerprint density at radius 3 is 2.52 bits per heavy atom. The van der Waals surface area contributed by atoms with E-state index in [0.717, 1.165) is 0 Å². The normalized spacial score (nSPS) is 19.6. The van der Waals surface area contributed by atoms with E-state index in [2.05, 4.69) is 5.32 Å². The highest BCUT2D eigenvalue weighted by Crippen LogP contribution is 2.35. The fourth-order valence-electron chi connectivity index (χ4n) is 2.84. The van der Waals surface area contributed by atoms with E-state index in [-0.39, 0.29) is 5.91 Å². The van der Waals surface area contributed by atoms with Gasteiger partial charge in [-0.25, -0.2) is 4.39 Å². The largest absolute Gasteiger partial charge is 0.481 e. The number of hydrogen-bond donors (Lipinski definition) is 2. The first-order valence-electron chi connectivity index (χ1n) is 7.74. The first-order valence-corrected chi connectivity index (χ1v) is 7.74. The minimum Gasteiger partial charge on any atom is -0.481 e. The van der Waals surface area contributed by atoms with Crippen LogP contribution in [0.1, 0.15) is 32.3 Å². The summed E-state index contributed by atoms with van der Waals surface area (Å²) >= 11 is 0. The quantitative estimate of drug-likeness (QED) is 0.870. The molecule has 0 saturated carbocycles. The average Bonchev–Trinajstić information content (AvgIpc) is 2.54. The van der Waals surface area contributed by atoms with Crippen molar-refractivity contribution in [1.29, 1.82) is 0 Å². The minimum atomic E-state index is -0.968. The van der Waals surface area contributed by atoms with Crippen LogP contribution in [0.2, 0.25) is 0 Å². The van der Waals surface area contributed by atoms with Gasteiger partial charge in [-0.15, -0.1) is 0 Å². The number of halogens is 1. The van der Waals surface area contributed by atoms with Crippen molar-refractivity contribution < 1.29 is 23.8 Å². The molecular formula is C17H22FNO4. The van der Waals surface area contributed by atoms with Crippen LogP contribution in [0, 0.1) is 11.7 Å². The van der Waals surface area contributed by atoms with Gasteiger partial charge in [-0.1, -0.05) is 12.1 Å². The number of ether oxygens (including phenoxy) is 1. The van der Waals surface area contributed by atoms with Gasteiger partial charge in [0, 0.05) is 19.3 Å². The van der Waals surface area contributed by atoms with Gasteiger partial charge in [0.1, 0.15) is 5.82 Å². The van der Waals surface area contributed by atoms with Gasteiger partial charge < -0.3 is 15.2 Å². The molecule has 126 valence electrons. The fraction of sp³-hybridized carbons (Fsp3) is 0.529. The van der Waals surface area contributed by atoms with Gasteiger partial charge in [-0.3, -0.25) is 9.59 Å². The molecule has 1 amide bonds. The van der Waals surface area contributed by atoms with Gasteiger partial charge in [0.2, 0.25) is 5.91 Å². The molecule has 6 heteroatoms. The Hall–Kier alpha value is -1.95.